The monoisotopic (exact) mass is 313 g/mol. The molecule has 0 aromatic heterocycles. The molecule has 0 aliphatic heterocycles. The summed E-state index contributed by atoms with van der Waals surface area (Å²) < 4.78 is 10.2. The smallest absolute Gasteiger partial charge is 0.306 e. The number of amides is 1. The van der Waals surface area contributed by atoms with Crippen LogP contribution in [0.15, 0.2) is 54.6 Å². The average molecular weight is 313 g/mol. The number of anilines is 1. The molecule has 1 N–H and O–H groups in total. The Balaban J connectivity index is 1.86. The highest BCUT2D eigenvalue weighted by Gasteiger charge is 2.07. The van der Waals surface area contributed by atoms with Crippen LogP contribution in [0.2, 0.25) is 0 Å². The minimum atomic E-state index is -0.403. The van der Waals surface area contributed by atoms with Gasteiger partial charge in [0.15, 0.2) is 0 Å². The summed E-state index contributed by atoms with van der Waals surface area (Å²) in [7, 11) is 1.30. The SMILES string of the molecule is COC(=O)CCC(=O)Nc1cccc(OCc2ccccc2)c1. The molecule has 23 heavy (non-hydrogen) atoms. The van der Waals surface area contributed by atoms with Crippen LogP contribution >= 0.6 is 0 Å². The molecule has 0 saturated carbocycles. The van der Waals surface area contributed by atoms with Gasteiger partial charge in [0.25, 0.3) is 0 Å². The lowest BCUT2D eigenvalue weighted by Gasteiger charge is -2.09. The fourth-order valence-electron chi connectivity index (χ4n) is 1.95. The Bertz CT molecular complexity index is 655. The van der Waals surface area contributed by atoms with Gasteiger partial charge in [0.2, 0.25) is 5.91 Å². The quantitative estimate of drug-likeness (QED) is 0.798. The van der Waals surface area contributed by atoms with E-state index < -0.39 is 5.97 Å². The fraction of sp³-hybridized carbons (Fsp3) is 0.222. The van der Waals surface area contributed by atoms with Gasteiger partial charge in [-0.15, -0.1) is 0 Å². The Morgan fingerprint density at radius 1 is 1.00 bits per heavy atom. The first kappa shape index (κ1) is 16.5. The Morgan fingerprint density at radius 3 is 2.52 bits per heavy atom. The summed E-state index contributed by atoms with van der Waals surface area (Å²) in [4.78, 5) is 22.8. The zero-order chi connectivity index (χ0) is 16.5. The second kappa shape index (κ2) is 8.58. The number of carbonyl (C=O) groups is 2. The number of methoxy groups -OCH3 is 1. The molecular formula is C18H19NO4. The highest BCUT2D eigenvalue weighted by molar-refractivity contribution is 5.92. The minimum Gasteiger partial charge on any atom is -0.489 e. The van der Waals surface area contributed by atoms with Gasteiger partial charge in [0, 0.05) is 18.2 Å². The number of ether oxygens (including phenoxy) is 2. The maximum Gasteiger partial charge on any atom is 0.306 e. The summed E-state index contributed by atoms with van der Waals surface area (Å²) in [6.45, 7) is 0.459. The molecule has 0 spiro atoms. The Labute approximate surface area is 135 Å². The molecule has 2 rings (SSSR count). The van der Waals surface area contributed by atoms with Crippen molar-refractivity contribution in [3.05, 3.63) is 60.2 Å². The molecule has 0 heterocycles. The van der Waals surface area contributed by atoms with Crippen molar-refractivity contribution in [1.82, 2.24) is 0 Å². The van der Waals surface area contributed by atoms with E-state index in [2.05, 4.69) is 10.1 Å². The van der Waals surface area contributed by atoms with Crippen molar-refractivity contribution < 1.29 is 19.1 Å². The van der Waals surface area contributed by atoms with Gasteiger partial charge in [0.05, 0.1) is 13.5 Å². The van der Waals surface area contributed by atoms with Gasteiger partial charge in [-0.2, -0.15) is 0 Å². The lowest BCUT2D eigenvalue weighted by molar-refractivity contribution is -0.141. The Morgan fingerprint density at radius 2 is 1.78 bits per heavy atom. The van der Waals surface area contributed by atoms with Crippen LogP contribution in [-0.4, -0.2) is 19.0 Å². The zero-order valence-corrected chi connectivity index (χ0v) is 13.0. The first-order valence-electron chi connectivity index (χ1n) is 7.31. The van der Waals surface area contributed by atoms with Crippen LogP contribution in [-0.2, 0) is 20.9 Å². The van der Waals surface area contributed by atoms with E-state index in [9.17, 15) is 9.59 Å². The van der Waals surface area contributed by atoms with Crippen LogP contribution in [0.25, 0.3) is 0 Å². The number of esters is 1. The standard InChI is InChI=1S/C18H19NO4/c1-22-18(21)11-10-17(20)19-15-8-5-9-16(12-15)23-13-14-6-3-2-4-7-14/h2-9,12H,10-11,13H2,1H3,(H,19,20). The number of carbonyl (C=O) groups excluding carboxylic acids is 2. The van der Waals surface area contributed by atoms with Crippen molar-refractivity contribution in [2.45, 2.75) is 19.4 Å². The second-order valence-corrected chi connectivity index (χ2v) is 4.93. The molecule has 2 aromatic rings. The lowest BCUT2D eigenvalue weighted by Crippen LogP contribution is -2.13. The Hall–Kier alpha value is -2.82. The molecule has 120 valence electrons. The van der Waals surface area contributed by atoms with Gasteiger partial charge in [-0.25, -0.2) is 0 Å². The molecule has 0 aliphatic carbocycles. The molecular weight excluding hydrogens is 294 g/mol. The van der Waals surface area contributed by atoms with Crippen molar-refractivity contribution in [3.63, 3.8) is 0 Å². The second-order valence-electron chi connectivity index (χ2n) is 4.93. The fourth-order valence-corrected chi connectivity index (χ4v) is 1.95. The van der Waals surface area contributed by atoms with Gasteiger partial charge in [-0.1, -0.05) is 36.4 Å². The summed E-state index contributed by atoms with van der Waals surface area (Å²) in [6, 6.07) is 17.0. The van der Waals surface area contributed by atoms with Crippen LogP contribution in [0.1, 0.15) is 18.4 Å². The molecule has 0 bridgehead atoms. The third-order valence-corrected chi connectivity index (χ3v) is 3.15. The molecule has 0 aliphatic rings. The summed E-state index contributed by atoms with van der Waals surface area (Å²) in [5.41, 5.74) is 1.70. The van der Waals surface area contributed by atoms with E-state index in [0.29, 0.717) is 18.0 Å². The predicted octanol–water partition coefficient (Wildman–Crippen LogP) is 3.16. The van der Waals surface area contributed by atoms with Crippen molar-refractivity contribution in [1.29, 1.82) is 0 Å². The third kappa shape index (κ3) is 5.82. The summed E-state index contributed by atoms with van der Waals surface area (Å²) >= 11 is 0. The predicted molar refractivity (Wildman–Crippen MR) is 87.1 cm³/mol. The summed E-state index contributed by atoms with van der Waals surface area (Å²) in [5, 5.41) is 2.73. The molecule has 1 amide bonds. The van der Waals surface area contributed by atoms with Crippen molar-refractivity contribution in [2.75, 3.05) is 12.4 Å². The molecule has 0 fully saturated rings. The van der Waals surface area contributed by atoms with E-state index in [4.69, 9.17) is 4.74 Å². The number of hydrogen-bond donors (Lipinski definition) is 1. The van der Waals surface area contributed by atoms with Crippen molar-refractivity contribution >= 4 is 17.6 Å². The highest BCUT2D eigenvalue weighted by atomic mass is 16.5. The van der Waals surface area contributed by atoms with Gasteiger partial charge in [-0.05, 0) is 17.7 Å². The molecule has 0 radical (unpaired) electrons. The van der Waals surface area contributed by atoms with Crippen LogP contribution < -0.4 is 10.1 Å². The number of rotatable bonds is 7. The van der Waals surface area contributed by atoms with Crippen LogP contribution in [0.4, 0.5) is 5.69 Å². The van der Waals surface area contributed by atoms with E-state index in [0.717, 1.165) is 5.56 Å². The normalized spacial score (nSPS) is 9.96. The first-order chi connectivity index (χ1) is 11.2. The van der Waals surface area contributed by atoms with E-state index in [1.54, 1.807) is 18.2 Å². The molecule has 0 unspecified atom stereocenters. The van der Waals surface area contributed by atoms with Crippen LogP contribution in [0, 0.1) is 0 Å². The van der Waals surface area contributed by atoms with Gasteiger partial charge in [0.1, 0.15) is 12.4 Å². The molecule has 5 heteroatoms. The number of nitrogens with one attached hydrogen (secondary N) is 1. The van der Waals surface area contributed by atoms with Crippen LogP contribution in [0.5, 0.6) is 5.75 Å². The number of hydrogen-bond acceptors (Lipinski definition) is 4. The maximum atomic E-state index is 11.8. The van der Waals surface area contributed by atoms with E-state index in [-0.39, 0.29) is 18.7 Å². The lowest BCUT2D eigenvalue weighted by atomic mass is 10.2. The van der Waals surface area contributed by atoms with Gasteiger partial charge < -0.3 is 14.8 Å². The minimum absolute atomic E-state index is 0.0620. The van der Waals surface area contributed by atoms with Crippen molar-refractivity contribution in [2.24, 2.45) is 0 Å². The third-order valence-electron chi connectivity index (χ3n) is 3.15. The molecule has 2 aromatic carbocycles. The molecule has 5 nitrogen and oxygen atoms in total. The van der Waals surface area contributed by atoms with Gasteiger partial charge in [-0.3, -0.25) is 9.59 Å². The average Bonchev–Trinajstić information content (AvgIpc) is 2.59. The summed E-state index contributed by atoms with van der Waals surface area (Å²) in [6.07, 6.45) is 0.147. The first-order valence-corrected chi connectivity index (χ1v) is 7.31. The van der Waals surface area contributed by atoms with Crippen LogP contribution in [0.3, 0.4) is 0 Å². The zero-order valence-electron chi connectivity index (χ0n) is 13.0. The maximum absolute atomic E-state index is 11.8. The van der Waals surface area contributed by atoms with E-state index in [1.165, 1.54) is 7.11 Å². The highest BCUT2D eigenvalue weighted by Crippen LogP contribution is 2.19. The number of benzene rings is 2. The molecule has 0 atom stereocenters. The van der Waals surface area contributed by atoms with Gasteiger partial charge >= 0.3 is 5.97 Å². The largest absolute Gasteiger partial charge is 0.489 e. The summed E-state index contributed by atoms with van der Waals surface area (Å²) in [5.74, 6) is 0.0234. The van der Waals surface area contributed by atoms with E-state index in [1.807, 2.05) is 36.4 Å². The molecule has 0 saturated heterocycles. The van der Waals surface area contributed by atoms with E-state index >= 15 is 0 Å². The topological polar surface area (TPSA) is 64.6 Å². The Kier molecular flexibility index (Phi) is 6.17. The van der Waals surface area contributed by atoms with Crippen molar-refractivity contribution in [3.8, 4) is 5.75 Å².